The number of aliphatic hydroxyl groups is 6. The fraction of sp³-hybridized carbons (Fsp3) is 0.690. The van der Waals surface area contributed by atoms with Crippen LogP contribution in [0, 0.1) is 0 Å². The lowest BCUT2D eigenvalue weighted by Gasteiger charge is -2.40. The van der Waals surface area contributed by atoms with Gasteiger partial charge in [-0.25, -0.2) is 0 Å². The molecular formula is C42H67NO8. The molecule has 7 N–H and O–H groups in total. The van der Waals surface area contributed by atoms with Gasteiger partial charge in [0.15, 0.2) is 0 Å². The summed E-state index contributed by atoms with van der Waals surface area (Å²) in [5.41, 5.74) is 3.53. The van der Waals surface area contributed by atoms with Gasteiger partial charge in [0.1, 0.15) is 24.4 Å². The zero-order valence-electron chi connectivity index (χ0n) is 31.0. The number of hydrogen-bond donors (Lipinski definition) is 7. The maximum atomic E-state index is 13.1. The molecular weight excluding hydrogens is 646 g/mol. The van der Waals surface area contributed by atoms with Crippen molar-refractivity contribution in [3.8, 4) is 11.1 Å². The Bertz CT molecular complexity index is 1180. The second-order valence-electron chi connectivity index (χ2n) is 14.6. The summed E-state index contributed by atoms with van der Waals surface area (Å²) in [6, 6.07) is 17.9. The highest BCUT2D eigenvalue weighted by Crippen LogP contribution is 2.26. The molecule has 2 aromatic carbocycles. The Labute approximate surface area is 306 Å². The van der Waals surface area contributed by atoms with E-state index in [0.29, 0.717) is 12.8 Å². The normalized spacial score (nSPS) is 22.4. The van der Waals surface area contributed by atoms with Gasteiger partial charge in [0, 0.05) is 6.42 Å². The SMILES string of the molecule is CCCCCCCCCCCCCC[C@@H](O)[C@@H](O)[C@H](CC[C@H]1O[C@H](CO)[C@H](O)[C@H](O)[C@H]1O)NC(=O)CCCCc1ccc(-c2ccccc2)cc1. The summed E-state index contributed by atoms with van der Waals surface area (Å²) in [6.45, 7) is 1.71. The molecule has 0 aliphatic carbocycles. The number of benzene rings is 2. The van der Waals surface area contributed by atoms with Crippen molar-refractivity contribution in [3.05, 3.63) is 60.2 Å². The molecule has 0 bridgehead atoms. The van der Waals surface area contributed by atoms with Gasteiger partial charge in [-0.1, -0.05) is 139 Å². The van der Waals surface area contributed by atoms with Gasteiger partial charge in [0.2, 0.25) is 5.91 Å². The van der Waals surface area contributed by atoms with Crippen LogP contribution in [-0.4, -0.2) is 91.9 Å². The molecule has 1 aliphatic heterocycles. The lowest BCUT2D eigenvalue weighted by atomic mass is 9.90. The monoisotopic (exact) mass is 713 g/mol. The molecule has 288 valence electrons. The van der Waals surface area contributed by atoms with E-state index in [0.717, 1.165) is 37.7 Å². The largest absolute Gasteiger partial charge is 0.394 e. The van der Waals surface area contributed by atoms with Gasteiger partial charge in [-0.2, -0.15) is 0 Å². The molecule has 1 saturated heterocycles. The minimum Gasteiger partial charge on any atom is -0.394 e. The maximum Gasteiger partial charge on any atom is 0.220 e. The number of amides is 1. The van der Waals surface area contributed by atoms with Crippen molar-refractivity contribution in [1.82, 2.24) is 5.32 Å². The molecule has 0 spiro atoms. The first kappa shape index (κ1) is 43.0. The third-order valence-corrected chi connectivity index (χ3v) is 10.4. The van der Waals surface area contributed by atoms with Crippen LogP contribution < -0.4 is 5.32 Å². The third-order valence-electron chi connectivity index (χ3n) is 10.4. The molecule has 0 unspecified atom stereocenters. The van der Waals surface area contributed by atoms with Crippen LogP contribution in [0.5, 0.6) is 0 Å². The molecule has 1 aliphatic rings. The van der Waals surface area contributed by atoms with Crippen molar-refractivity contribution in [2.45, 2.75) is 178 Å². The number of aliphatic hydroxyl groups excluding tert-OH is 6. The van der Waals surface area contributed by atoms with E-state index in [4.69, 9.17) is 4.74 Å². The number of carbonyl (C=O) groups is 1. The summed E-state index contributed by atoms with van der Waals surface area (Å²) >= 11 is 0. The van der Waals surface area contributed by atoms with Crippen LogP contribution in [0.1, 0.15) is 128 Å². The summed E-state index contributed by atoms with van der Waals surface area (Å²) in [5, 5.41) is 65.6. The van der Waals surface area contributed by atoms with Crippen LogP contribution in [0.2, 0.25) is 0 Å². The first-order chi connectivity index (χ1) is 24.7. The predicted molar refractivity (Wildman–Crippen MR) is 202 cm³/mol. The van der Waals surface area contributed by atoms with Crippen molar-refractivity contribution < 1.29 is 40.2 Å². The lowest BCUT2D eigenvalue weighted by molar-refractivity contribution is -0.231. The molecule has 9 nitrogen and oxygen atoms in total. The zero-order chi connectivity index (χ0) is 36.8. The van der Waals surface area contributed by atoms with E-state index in [1.807, 2.05) is 18.2 Å². The summed E-state index contributed by atoms with van der Waals surface area (Å²) in [4.78, 5) is 13.1. The van der Waals surface area contributed by atoms with Crippen LogP contribution in [0.4, 0.5) is 0 Å². The number of hydrogen-bond acceptors (Lipinski definition) is 8. The average Bonchev–Trinajstić information content (AvgIpc) is 3.15. The molecule has 1 amide bonds. The van der Waals surface area contributed by atoms with Crippen molar-refractivity contribution >= 4 is 5.91 Å². The van der Waals surface area contributed by atoms with E-state index in [1.165, 1.54) is 68.9 Å². The van der Waals surface area contributed by atoms with Gasteiger partial charge < -0.3 is 40.7 Å². The Morgan fingerprint density at radius 1 is 0.686 bits per heavy atom. The summed E-state index contributed by atoms with van der Waals surface area (Å²) in [7, 11) is 0. The van der Waals surface area contributed by atoms with Crippen molar-refractivity contribution in [2.24, 2.45) is 0 Å². The summed E-state index contributed by atoms with van der Waals surface area (Å²) in [5.74, 6) is -0.232. The molecule has 0 radical (unpaired) electrons. The summed E-state index contributed by atoms with van der Waals surface area (Å²) < 4.78 is 5.66. The Kier molecular flexibility index (Phi) is 20.9. The molecule has 3 rings (SSSR count). The number of ether oxygens (including phenoxy) is 1. The van der Waals surface area contributed by atoms with Crippen LogP contribution in [0.3, 0.4) is 0 Å². The van der Waals surface area contributed by atoms with Gasteiger partial charge >= 0.3 is 0 Å². The molecule has 1 heterocycles. The molecule has 0 saturated carbocycles. The predicted octanol–water partition coefficient (Wildman–Crippen LogP) is 5.99. The maximum absolute atomic E-state index is 13.1. The second-order valence-corrected chi connectivity index (χ2v) is 14.6. The minimum atomic E-state index is -1.50. The molecule has 1 fully saturated rings. The third kappa shape index (κ3) is 15.6. The highest BCUT2D eigenvalue weighted by molar-refractivity contribution is 5.76. The number of aryl methyl sites for hydroxylation is 1. The first-order valence-corrected chi connectivity index (χ1v) is 19.9. The Morgan fingerprint density at radius 3 is 1.86 bits per heavy atom. The fourth-order valence-electron chi connectivity index (χ4n) is 7.11. The van der Waals surface area contributed by atoms with E-state index in [2.05, 4.69) is 48.6 Å². The number of carbonyl (C=O) groups excluding carboxylic acids is 1. The molecule has 9 heteroatoms. The van der Waals surface area contributed by atoms with Crippen LogP contribution >= 0.6 is 0 Å². The number of unbranched alkanes of at least 4 members (excludes halogenated alkanes) is 12. The van der Waals surface area contributed by atoms with Crippen LogP contribution in [0.25, 0.3) is 11.1 Å². The highest BCUT2D eigenvalue weighted by atomic mass is 16.5. The van der Waals surface area contributed by atoms with Gasteiger partial charge in [0.25, 0.3) is 0 Å². The van der Waals surface area contributed by atoms with Crippen molar-refractivity contribution in [2.75, 3.05) is 6.61 Å². The molecule has 8 atom stereocenters. The summed E-state index contributed by atoms with van der Waals surface area (Å²) in [6.07, 6.45) is 9.12. The molecule has 51 heavy (non-hydrogen) atoms. The van der Waals surface area contributed by atoms with Crippen molar-refractivity contribution in [3.63, 3.8) is 0 Å². The second kappa shape index (κ2) is 24.8. The van der Waals surface area contributed by atoms with Crippen LogP contribution in [0.15, 0.2) is 54.6 Å². The topological polar surface area (TPSA) is 160 Å². The minimum absolute atomic E-state index is 0.133. The highest BCUT2D eigenvalue weighted by Gasteiger charge is 2.43. The lowest BCUT2D eigenvalue weighted by Crippen LogP contribution is -2.59. The number of rotatable bonds is 26. The van der Waals surface area contributed by atoms with E-state index in [9.17, 15) is 35.4 Å². The Hall–Kier alpha value is -2.37. The van der Waals surface area contributed by atoms with Gasteiger partial charge in [0.05, 0.1) is 31.0 Å². The Balaban J connectivity index is 1.45. The van der Waals surface area contributed by atoms with Gasteiger partial charge in [-0.3, -0.25) is 4.79 Å². The van der Waals surface area contributed by atoms with E-state index in [1.54, 1.807) is 0 Å². The fourth-order valence-corrected chi connectivity index (χ4v) is 7.11. The average molecular weight is 714 g/mol. The molecule has 0 aromatic heterocycles. The Morgan fingerprint density at radius 2 is 1.25 bits per heavy atom. The number of nitrogens with one attached hydrogen (secondary N) is 1. The van der Waals surface area contributed by atoms with E-state index in [-0.39, 0.29) is 25.2 Å². The quantitative estimate of drug-likeness (QED) is 0.0586. The first-order valence-electron chi connectivity index (χ1n) is 19.9. The molecule has 2 aromatic rings. The smallest absolute Gasteiger partial charge is 0.220 e. The zero-order valence-corrected chi connectivity index (χ0v) is 31.0. The van der Waals surface area contributed by atoms with E-state index >= 15 is 0 Å². The van der Waals surface area contributed by atoms with Crippen LogP contribution in [-0.2, 0) is 16.0 Å². The van der Waals surface area contributed by atoms with Gasteiger partial charge in [-0.05, 0) is 55.2 Å². The standard InChI is InChI=1S/C42H67NO8/c1-2-3-4-5-6-7-8-9-10-11-12-16-22-35(45)39(47)34(28-29-36-40(48)42(50)41(49)37(30-44)51-36)43-38(46)23-18-17-19-31-24-26-33(27-25-31)32-20-14-13-15-21-32/h13-15,20-21,24-27,34-37,39-42,44-45,47-50H,2-12,16-19,22-23,28-30H2,1H3,(H,43,46)/t34-,35+,36+,37+,39-,40-,41-,42+/m0/s1. The van der Waals surface area contributed by atoms with E-state index < -0.39 is 55.4 Å². The van der Waals surface area contributed by atoms with Gasteiger partial charge in [-0.15, -0.1) is 0 Å². The van der Waals surface area contributed by atoms with Crippen molar-refractivity contribution in [1.29, 1.82) is 0 Å².